The molecule has 2 aromatic carbocycles. The van der Waals surface area contributed by atoms with E-state index in [1.54, 1.807) is 0 Å². The zero-order chi connectivity index (χ0) is 23.4. The summed E-state index contributed by atoms with van der Waals surface area (Å²) in [6.45, 7) is 15.6. The molecule has 33 heavy (non-hydrogen) atoms. The van der Waals surface area contributed by atoms with Crippen molar-refractivity contribution >= 4 is 28.6 Å². The fourth-order valence-electron chi connectivity index (χ4n) is 5.15. The quantitative estimate of drug-likeness (QED) is 0.598. The number of allylic oxidation sites excluding steroid dienone is 1. The van der Waals surface area contributed by atoms with Crippen LogP contribution in [-0.2, 0) is 4.79 Å². The number of amides is 1. The number of hydrogen-bond donors (Lipinski definition) is 0. The van der Waals surface area contributed by atoms with Gasteiger partial charge in [0.25, 0.3) is 0 Å². The molecular formula is C28H36N4O. The molecule has 5 heteroatoms. The molecule has 0 aromatic heterocycles. The second-order valence-corrected chi connectivity index (χ2v) is 8.96. The summed E-state index contributed by atoms with van der Waals surface area (Å²) in [6.07, 6.45) is 4.51. The Kier molecular flexibility index (Phi) is 7.17. The summed E-state index contributed by atoms with van der Waals surface area (Å²) in [5.74, 6) is 0.242. The number of carbonyl (C=O) groups is 1. The summed E-state index contributed by atoms with van der Waals surface area (Å²) in [5, 5.41) is 2.62. The molecule has 2 aliphatic heterocycles. The average Bonchev–Trinajstić information content (AvgIpc) is 3.06. The molecule has 2 aliphatic rings. The summed E-state index contributed by atoms with van der Waals surface area (Å²) in [4.78, 5) is 23.7. The first kappa shape index (κ1) is 23.1. The van der Waals surface area contributed by atoms with Crippen LogP contribution in [0.3, 0.4) is 0 Å². The van der Waals surface area contributed by atoms with Crippen molar-refractivity contribution in [3.8, 4) is 0 Å². The van der Waals surface area contributed by atoms with Gasteiger partial charge in [0.1, 0.15) is 0 Å². The number of anilines is 1. The molecule has 174 valence electrons. The zero-order valence-corrected chi connectivity index (χ0v) is 20.3. The van der Waals surface area contributed by atoms with Crippen molar-refractivity contribution < 1.29 is 4.79 Å². The molecule has 0 spiro atoms. The Morgan fingerprint density at radius 3 is 2.45 bits per heavy atom. The summed E-state index contributed by atoms with van der Waals surface area (Å²) in [5.41, 5.74) is 6.05. The molecule has 4 rings (SSSR count). The Bertz CT molecular complexity index is 1090. The zero-order valence-electron chi connectivity index (χ0n) is 20.3. The van der Waals surface area contributed by atoms with Gasteiger partial charge in [-0.25, -0.2) is 0 Å². The molecule has 5 nitrogen and oxygen atoms in total. The number of rotatable bonds is 5. The lowest BCUT2D eigenvalue weighted by molar-refractivity contribution is -0.132. The second-order valence-electron chi connectivity index (χ2n) is 8.96. The number of nitrogens with zero attached hydrogens (tertiary/aromatic N) is 4. The van der Waals surface area contributed by atoms with Gasteiger partial charge in [-0.05, 0) is 49.3 Å². The monoisotopic (exact) mass is 444 g/mol. The minimum absolute atomic E-state index is 0.242. The number of aliphatic imine (C=N–C) groups is 1. The van der Waals surface area contributed by atoms with Crippen LogP contribution in [0.2, 0.25) is 0 Å². The minimum atomic E-state index is 0.242. The van der Waals surface area contributed by atoms with Crippen molar-refractivity contribution in [3.05, 3.63) is 65.5 Å². The Morgan fingerprint density at radius 1 is 1.06 bits per heavy atom. The third kappa shape index (κ3) is 4.82. The van der Waals surface area contributed by atoms with Crippen molar-refractivity contribution in [2.24, 2.45) is 4.99 Å². The van der Waals surface area contributed by atoms with E-state index in [0.717, 1.165) is 63.5 Å². The van der Waals surface area contributed by atoms with E-state index in [1.165, 1.54) is 27.6 Å². The smallest absolute Gasteiger partial charge is 0.222 e. The molecule has 0 bridgehead atoms. The van der Waals surface area contributed by atoms with E-state index in [-0.39, 0.29) is 5.91 Å². The molecule has 0 saturated carbocycles. The van der Waals surface area contributed by atoms with Gasteiger partial charge in [-0.15, -0.1) is 0 Å². The van der Waals surface area contributed by atoms with Crippen molar-refractivity contribution in [1.29, 1.82) is 0 Å². The SMILES string of the molecule is C=C(C1=C(/N=C\C)CN(c2cccc3cccc(C)c23)CCC1)N1CCN(C(=O)CC)CC1. The molecule has 0 N–H and O–H groups in total. The first-order chi connectivity index (χ1) is 16.0. The summed E-state index contributed by atoms with van der Waals surface area (Å²) >= 11 is 0. The maximum Gasteiger partial charge on any atom is 0.222 e. The molecule has 1 fully saturated rings. The number of carbonyl (C=O) groups excluding carboxylic acids is 1. The molecule has 0 atom stereocenters. The van der Waals surface area contributed by atoms with Gasteiger partial charge in [-0.2, -0.15) is 0 Å². The topological polar surface area (TPSA) is 39.1 Å². The highest BCUT2D eigenvalue weighted by molar-refractivity contribution is 5.97. The lowest BCUT2D eigenvalue weighted by atomic mass is 10.0. The van der Waals surface area contributed by atoms with Gasteiger partial charge in [-0.1, -0.05) is 43.8 Å². The van der Waals surface area contributed by atoms with Crippen LogP contribution in [-0.4, -0.2) is 61.2 Å². The number of benzene rings is 2. The van der Waals surface area contributed by atoms with E-state index < -0.39 is 0 Å². The van der Waals surface area contributed by atoms with Crippen molar-refractivity contribution in [3.63, 3.8) is 0 Å². The van der Waals surface area contributed by atoms with Crippen molar-refractivity contribution in [1.82, 2.24) is 9.80 Å². The summed E-state index contributed by atoms with van der Waals surface area (Å²) in [6, 6.07) is 13.1. The largest absolute Gasteiger partial charge is 0.368 e. The molecule has 2 heterocycles. The number of fused-ring (bicyclic) bond motifs is 1. The minimum Gasteiger partial charge on any atom is -0.368 e. The van der Waals surface area contributed by atoms with E-state index in [1.807, 2.05) is 25.0 Å². The lowest BCUT2D eigenvalue weighted by Crippen LogP contribution is -2.48. The van der Waals surface area contributed by atoms with Gasteiger partial charge < -0.3 is 14.7 Å². The van der Waals surface area contributed by atoms with Crippen LogP contribution in [0.1, 0.15) is 38.7 Å². The van der Waals surface area contributed by atoms with Crippen LogP contribution in [0.5, 0.6) is 0 Å². The highest BCUT2D eigenvalue weighted by Gasteiger charge is 2.26. The van der Waals surface area contributed by atoms with Crippen LogP contribution < -0.4 is 4.90 Å². The van der Waals surface area contributed by atoms with E-state index in [0.29, 0.717) is 6.42 Å². The normalized spacial score (nSPS) is 17.7. The number of piperazine rings is 1. The standard InChI is InChI=1S/C28H36N4O/c1-5-27(33)31-18-16-30(17-19-31)22(4)24-13-9-15-32(20-25(24)29-6-2)26-14-8-12-23-11-7-10-21(3)28(23)26/h6-8,10-12,14H,4-5,9,13,15-20H2,1-3H3/b29-6-. The highest BCUT2D eigenvalue weighted by Crippen LogP contribution is 2.34. The van der Waals surface area contributed by atoms with Gasteiger partial charge in [-0.3, -0.25) is 9.79 Å². The van der Waals surface area contributed by atoms with E-state index in [9.17, 15) is 4.79 Å². The number of hydrogen-bond acceptors (Lipinski definition) is 4. The van der Waals surface area contributed by atoms with Gasteiger partial charge in [0.05, 0.1) is 12.2 Å². The van der Waals surface area contributed by atoms with Crippen LogP contribution >= 0.6 is 0 Å². The van der Waals surface area contributed by atoms with Gasteiger partial charge in [0.15, 0.2) is 0 Å². The molecular weight excluding hydrogens is 408 g/mol. The predicted molar refractivity (Wildman–Crippen MR) is 139 cm³/mol. The van der Waals surface area contributed by atoms with Gasteiger partial charge in [0, 0.05) is 62.1 Å². The summed E-state index contributed by atoms with van der Waals surface area (Å²) in [7, 11) is 0. The fraction of sp³-hybridized carbons (Fsp3) is 0.429. The Morgan fingerprint density at radius 2 is 1.76 bits per heavy atom. The Hall–Kier alpha value is -3.08. The first-order valence-corrected chi connectivity index (χ1v) is 12.2. The molecule has 2 aromatic rings. The number of aryl methyl sites for hydroxylation is 1. The third-order valence-corrected chi connectivity index (χ3v) is 6.93. The fourth-order valence-corrected chi connectivity index (χ4v) is 5.15. The molecule has 0 radical (unpaired) electrons. The molecule has 1 amide bonds. The third-order valence-electron chi connectivity index (χ3n) is 6.93. The van der Waals surface area contributed by atoms with Crippen LogP contribution in [0.4, 0.5) is 5.69 Å². The predicted octanol–water partition coefficient (Wildman–Crippen LogP) is 5.16. The maximum absolute atomic E-state index is 12.1. The molecule has 0 aliphatic carbocycles. The molecule has 0 unspecified atom stereocenters. The second kappa shape index (κ2) is 10.2. The van der Waals surface area contributed by atoms with Crippen LogP contribution in [0.15, 0.2) is 64.9 Å². The highest BCUT2D eigenvalue weighted by atomic mass is 16.2. The molecule has 1 saturated heterocycles. The van der Waals surface area contributed by atoms with Crippen molar-refractivity contribution in [2.75, 3.05) is 44.2 Å². The van der Waals surface area contributed by atoms with E-state index in [4.69, 9.17) is 4.99 Å². The van der Waals surface area contributed by atoms with Gasteiger partial charge in [0.2, 0.25) is 5.91 Å². The Balaban J connectivity index is 1.60. The maximum atomic E-state index is 12.1. The van der Waals surface area contributed by atoms with Crippen molar-refractivity contribution in [2.45, 2.75) is 40.0 Å². The van der Waals surface area contributed by atoms with E-state index in [2.05, 4.69) is 59.7 Å². The summed E-state index contributed by atoms with van der Waals surface area (Å²) < 4.78 is 0. The van der Waals surface area contributed by atoms with E-state index >= 15 is 0 Å². The van der Waals surface area contributed by atoms with Gasteiger partial charge >= 0.3 is 0 Å². The first-order valence-electron chi connectivity index (χ1n) is 12.2. The van der Waals surface area contributed by atoms with Crippen LogP contribution in [0.25, 0.3) is 10.8 Å². The van der Waals surface area contributed by atoms with Crippen LogP contribution in [0, 0.1) is 6.92 Å². The lowest BCUT2D eigenvalue weighted by Gasteiger charge is -2.37. The average molecular weight is 445 g/mol. The Labute approximate surface area is 198 Å².